The highest BCUT2D eigenvalue weighted by molar-refractivity contribution is 5.85. The summed E-state index contributed by atoms with van der Waals surface area (Å²) in [7, 11) is 0. The van der Waals surface area contributed by atoms with Crippen molar-refractivity contribution in [1.29, 1.82) is 0 Å². The molecule has 20 heavy (non-hydrogen) atoms. The van der Waals surface area contributed by atoms with Crippen LogP contribution in [0.25, 0.3) is 0 Å². The molecule has 0 spiro atoms. The van der Waals surface area contributed by atoms with Gasteiger partial charge in [0.2, 0.25) is 5.91 Å². The topological polar surface area (TPSA) is 79.5 Å². The fourth-order valence-corrected chi connectivity index (χ4v) is 2.87. The number of carboxylic acids is 1. The summed E-state index contributed by atoms with van der Waals surface area (Å²) in [6.45, 7) is 1.90. The van der Waals surface area contributed by atoms with Gasteiger partial charge < -0.3 is 14.8 Å². The molecule has 1 aromatic heterocycles. The largest absolute Gasteiger partial charge is 0.481 e. The molecule has 3 atom stereocenters. The molecule has 110 valence electrons. The van der Waals surface area contributed by atoms with Crippen LogP contribution in [0.4, 0.5) is 0 Å². The number of furan rings is 1. The molecule has 5 nitrogen and oxygen atoms in total. The number of nitrogens with one attached hydrogen (secondary N) is 1. The second-order valence-corrected chi connectivity index (χ2v) is 5.53. The quantitative estimate of drug-likeness (QED) is 0.866. The highest BCUT2D eigenvalue weighted by Gasteiger charge is 2.35. The van der Waals surface area contributed by atoms with Crippen molar-refractivity contribution < 1.29 is 19.1 Å². The number of hydrogen-bond acceptors (Lipinski definition) is 3. The van der Waals surface area contributed by atoms with Gasteiger partial charge in [-0.2, -0.15) is 0 Å². The minimum atomic E-state index is -0.858. The first-order valence-electron chi connectivity index (χ1n) is 7.13. The first-order chi connectivity index (χ1) is 9.58. The van der Waals surface area contributed by atoms with Gasteiger partial charge in [-0.05, 0) is 31.9 Å². The molecule has 1 heterocycles. The van der Waals surface area contributed by atoms with Crippen molar-refractivity contribution in [2.75, 3.05) is 0 Å². The fourth-order valence-electron chi connectivity index (χ4n) is 2.87. The molecule has 1 saturated carbocycles. The fraction of sp³-hybridized carbons (Fsp3) is 0.600. The summed E-state index contributed by atoms with van der Waals surface area (Å²) in [5.74, 6) is -1.13. The summed E-state index contributed by atoms with van der Waals surface area (Å²) in [5, 5.41) is 12.1. The van der Waals surface area contributed by atoms with Crippen molar-refractivity contribution in [2.45, 2.75) is 45.1 Å². The van der Waals surface area contributed by atoms with Crippen molar-refractivity contribution in [3.05, 3.63) is 24.2 Å². The third kappa shape index (κ3) is 3.62. The molecule has 5 heteroatoms. The van der Waals surface area contributed by atoms with Crippen molar-refractivity contribution in [3.63, 3.8) is 0 Å². The van der Waals surface area contributed by atoms with Gasteiger partial charge in [0.05, 0.1) is 18.1 Å². The Morgan fingerprint density at radius 3 is 2.70 bits per heavy atom. The normalized spacial score (nSPS) is 24.1. The van der Waals surface area contributed by atoms with Gasteiger partial charge in [-0.1, -0.05) is 12.8 Å². The third-order valence-electron chi connectivity index (χ3n) is 3.90. The molecule has 1 aliphatic carbocycles. The van der Waals surface area contributed by atoms with Gasteiger partial charge in [-0.3, -0.25) is 9.59 Å². The van der Waals surface area contributed by atoms with Crippen LogP contribution >= 0.6 is 0 Å². The summed E-state index contributed by atoms with van der Waals surface area (Å²) < 4.78 is 5.25. The van der Waals surface area contributed by atoms with Crippen LogP contribution in [0.2, 0.25) is 0 Å². The summed E-state index contributed by atoms with van der Waals surface area (Å²) in [6.07, 6.45) is 5.29. The molecular weight excluding hydrogens is 258 g/mol. The number of carbonyl (C=O) groups is 2. The van der Waals surface area contributed by atoms with Gasteiger partial charge in [0, 0.05) is 12.5 Å². The van der Waals surface area contributed by atoms with E-state index in [9.17, 15) is 14.7 Å². The monoisotopic (exact) mass is 279 g/mol. The van der Waals surface area contributed by atoms with Gasteiger partial charge in [0.15, 0.2) is 0 Å². The van der Waals surface area contributed by atoms with Crippen LogP contribution in [-0.2, 0) is 16.0 Å². The van der Waals surface area contributed by atoms with Crippen molar-refractivity contribution in [1.82, 2.24) is 5.32 Å². The number of carboxylic acid groups (broad SMARTS) is 1. The second-order valence-electron chi connectivity index (χ2n) is 5.53. The zero-order valence-corrected chi connectivity index (χ0v) is 11.7. The van der Waals surface area contributed by atoms with E-state index in [0.717, 1.165) is 18.6 Å². The minimum Gasteiger partial charge on any atom is -0.481 e. The number of carbonyl (C=O) groups excluding carboxylic acids is 1. The van der Waals surface area contributed by atoms with Crippen molar-refractivity contribution >= 4 is 11.9 Å². The Morgan fingerprint density at radius 1 is 1.40 bits per heavy atom. The standard InChI is InChI=1S/C15H21NO4/c1-10(9-11-5-4-8-20-11)16-14(17)12-6-2-3-7-13(12)15(18)19/h4-5,8,10,12-13H,2-3,6-7,9H2,1H3,(H,16,17)(H,18,19)/t10?,12-,13+/m1/s1. The van der Waals surface area contributed by atoms with E-state index in [1.807, 2.05) is 19.1 Å². The summed E-state index contributed by atoms with van der Waals surface area (Å²) in [4.78, 5) is 23.5. The van der Waals surface area contributed by atoms with Crippen molar-refractivity contribution in [2.24, 2.45) is 11.8 Å². The van der Waals surface area contributed by atoms with Crippen LogP contribution in [0.5, 0.6) is 0 Å². The summed E-state index contributed by atoms with van der Waals surface area (Å²) >= 11 is 0. The first-order valence-corrected chi connectivity index (χ1v) is 7.13. The highest BCUT2D eigenvalue weighted by Crippen LogP contribution is 2.30. The zero-order valence-electron chi connectivity index (χ0n) is 11.7. The molecule has 0 radical (unpaired) electrons. The van der Waals surface area contributed by atoms with Gasteiger partial charge in [0.1, 0.15) is 5.76 Å². The Hall–Kier alpha value is -1.78. The molecule has 0 aromatic carbocycles. The van der Waals surface area contributed by atoms with Crippen LogP contribution < -0.4 is 5.32 Å². The lowest BCUT2D eigenvalue weighted by molar-refractivity contribution is -0.149. The van der Waals surface area contributed by atoms with Crippen LogP contribution in [-0.4, -0.2) is 23.0 Å². The number of rotatable bonds is 5. The smallest absolute Gasteiger partial charge is 0.307 e. The Kier molecular flexibility index (Phi) is 4.82. The van der Waals surface area contributed by atoms with Crippen LogP contribution in [0.15, 0.2) is 22.8 Å². The minimum absolute atomic E-state index is 0.0648. The van der Waals surface area contributed by atoms with Crippen LogP contribution in [0.3, 0.4) is 0 Å². The SMILES string of the molecule is CC(Cc1ccco1)NC(=O)[C@@H]1CCCC[C@@H]1C(=O)O. The maximum Gasteiger partial charge on any atom is 0.307 e. The third-order valence-corrected chi connectivity index (χ3v) is 3.90. The first kappa shape index (κ1) is 14.6. The van der Waals surface area contributed by atoms with E-state index in [4.69, 9.17) is 4.42 Å². The highest BCUT2D eigenvalue weighted by atomic mass is 16.4. The van der Waals surface area contributed by atoms with Gasteiger partial charge >= 0.3 is 5.97 Å². The predicted octanol–water partition coefficient (Wildman–Crippen LogP) is 2.22. The summed E-state index contributed by atoms with van der Waals surface area (Å²) in [6, 6.07) is 3.61. The molecule has 1 aliphatic rings. The Morgan fingerprint density at radius 2 is 2.10 bits per heavy atom. The van der Waals surface area contributed by atoms with E-state index in [-0.39, 0.29) is 11.9 Å². The average molecular weight is 279 g/mol. The molecule has 2 rings (SSSR count). The van der Waals surface area contributed by atoms with Gasteiger partial charge in [0.25, 0.3) is 0 Å². The van der Waals surface area contributed by atoms with Crippen LogP contribution in [0.1, 0.15) is 38.4 Å². The molecule has 1 aromatic rings. The number of amides is 1. The molecule has 1 unspecified atom stereocenters. The number of aliphatic carboxylic acids is 1. The van der Waals surface area contributed by atoms with E-state index in [1.165, 1.54) is 0 Å². The summed E-state index contributed by atoms with van der Waals surface area (Å²) in [5.41, 5.74) is 0. The van der Waals surface area contributed by atoms with Gasteiger partial charge in [-0.15, -0.1) is 0 Å². The molecule has 1 amide bonds. The molecule has 0 bridgehead atoms. The molecule has 1 fully saturated rings. The van der Waals surface area contributed by atoms with Crippen LogP contribution in [0, 0.1) is 11.8 Å². The maximum absolute atomic E-state index is 12.2. The Balaban J connectivity index is 1.90. The maximum atomic E-state index is 12.2. The van der Waals surface area contributed by atoms with E-state index < -0.39 is 17.8 Å². The molecule has 0 saturated heterocycles. The van der Waals surface area contributed by atoms with Gasteiger partial charge in [-0.25, -0.2) is 0 Å². The number of hydrogen-bond donors (Lipinski definition) is 2. The predicted molar refractivity (Wildman–Crippen MR) is 73.1 cm³/mol. The van der Waals surface area contributed by atoms with Crippen molar-refractivity contribution in [3.8, 4) is 0 Å². The average Bonchev–Trinajstić information content (AvgIpc) is 2.91. The molecule has 0 aliphatic heterocycles. The lowest BCUT2D eigenvalue weighted by atomic mass is 9.78. The lowest BCUT2D eigenvalue weighted by Crippen LogP contribution is -2.43. The Bertz CT molecular complexity index is 454. The molecular formula is C15H21NO4. The molecule has 2 N–H and O–H groups in total. The second kappa shape index (κ2) is 6.59. The van der Waals surface area contributed by atoms with E-state index in [0.29, 0.717) is 19.3 Å². The van der Waals surface area contributed by atoms with E-state index >= 15 is 0 Å². The zero-order chi connectivity index (χ0) is 14.5. The lowest BCUT2D eigenvalue weighted by Gasteiger charge is -2.28. The van der Waals surface area contributed by atoms with E-state index in [2.05, 4.69) is 5.32 Å². The Labute approximate surface area is 118 Å². The van der Waals surface area contributed by atoms with E-state index in [1.54, 1.807) is 6.26 Å².